The van der Waals surface area contributed by atoms with Crippen molar-refractivity contribution in [2.75, 3.05) is 0 Å². The molecule has 0 fully saturated rings. The highest BCUT2D eigenvalue weighted by molar-refractivity contribution is 9.10. The second kappa shape index (κ2) is 6.66. The van der Waals surface area contributed by atoms with Crippen LogP contribution in [0.25, 0.3) is 9.88 Å². The lowest BCUT2D eigenvalue weighted by Gasteiger charge is -2.01. The largest absolute Gasteiger partial charge is 0.228 e. The summed E-state index contributed by atoms with van der Waals surface area (Å²) in [5, 5.41) is 5.38. The first-order valence-corrected chi connectivity index (χ1v) is 8.54. The van der Waals surface area contributed by atoms with Crippen molar-refractivity contribution in [1.29, 1.82) is 0 Å². The molecule has 0 aliphatic heterocycles. The lowest BCUT2D eigenvalue weighted by atomic mass is 10.1. The molecule has 4 heteroatoms. The number of nitrogens with zero attached hydrogens (tertiary/aromatic N) is 1. The van der Waals surface area contributed by atoms with Crippen LogP contribution in [0, 0.1) is 0 Å². The average molecular weight is 330 g/mol. The molecule has 1 nitrogen and oxygen atoms in total. The van der Waals surface area contributed by atoms with E-state index in [-0.39, 0.29) is 0 Å². The van der Waals surface area contributed by atoms with Gasteiger partial charge in [0.15, 0.2) is 0 Å². The minimum absolute atomic E-state index is 0.947. The highest BCUT2D eigenvalue weighted by Crippen LogP contribution is 2.34. The van der Waals surface area contributed by atoms with Crippen molar-refractivity contribution in [3.8, 4) is 9.88 Å². The molecule has 2 aromatic heterocycles. The number of aromatic nitrogens is 1. The zero-order valence-electron chi connectivity index (χ0n) is 9.91. The molecule has 0 aromatic carbocycles. The summed E-state index contributed by atoms with van der Waals surface area (Å²) in [6.07, 6.45) is 6.48. The van der Waals surface area contributed by atoms with Gasteiger partial charge in [-0.25, -0.2) is 4.98 Å². The molecule has 0 spiro atoms. The van der Waals surface area contributed by atoms with Gasteiger partial charge in [-0.2, -0.15) is 0 Å². The van der Waals surface area contributed by atoms with Crippen molar-refractivity contribution in [3.05, 3.63) is 27.0 Å². The van der Waals surface area contributed by atoms with E-state index in [1.165, 1.54) is 42.5 Å². The number of unbranched alkanes of at least 4 members (excludes halogenated alkanes) is 3. The summed E-state index contributed by atoms with van der Waals surface area (Å²) in [7, 11) is 0. The standard InChI is InChI=1S/C13H16BrNS2/c1-2-3-4-5-6-10-7-8-16-12(10)13-15-11(14)9-17-13/h7-9H,2-6H2,1H3. The van der Waals surface area contributed by atoms with Crippen molar-refractivity contribution in [3.63, 3.8) is 0 Å². The predicted octanol–water partition coefficient (Wildman–Crippen LogP) is 5.76. The third kappa shape index (κ3) is 3.63. The molecular formula is C13H16BrNS2. The van der Waals surface area contributed by atoms with Crippen molar-refractivity contribution in [1.82, 2.24) is 4.98 Å². The van der Waals surface area contributed by atoms with Gasteiger partial charge >= 0.3 is 0 Å². The topological polar surface area (TPSA) is 12.9 Å². The van der Waals surface area contributed by atoms with Crippen molar-refractivity contribution >= 4 is 38.6 Å². The Labute approximate surface area is 119 Å². The zero-order valence-corrected chi connectivity index (χ0v) is 13.1. The third-order valence-corrected chi connectivity index (χ3v) is 5.38. The molecule has 0 unspecified atom stereocenters. The van der Waals surface area contributed by atoms with Crippen LogP contribution >= 0.6 is 38.6 Å². The van der Waals surface area contributed by atoms with Gasteiger partial charge in [-0.15, -0.1) is 22.7 Å². The minimum Gasteiger partial charge on any atom is -0.228 e. The summed E-state index contributed by atoms with van der Waals surface area (Å²) in [5.74, 6) is 0. The fourth-order valence-electron chi connectivity index (χ4n) is 1.82. The van der Waals surface area contributed by atoms with Gasteiger partial charge in [0.2, 0.25) is 0 Å². The zero-order chi connectivity index (χ0) is 12.1. The first-order chi connectivity index (χ1) is 8.31. The van der Waals surface area contributed by atoms with Crippen LogP contribution in [0.3, 0.4) is 0 Å². The van der Waals surface area contributed by atoms with E-state index in [0.29, 0.717) is 0 Å². The van der Waals surface area contributed by atoms with E-state index in [2.05, 4.69) is 44.7 Å². The predicted molar refractivity (Wildman–Crippen MR) is 81.0 cm³/mol. The molecule has 0 saturated carbocycles. The summed E-state index contributed by atoms with van der Waals surface area (Å²) in [5.41, 5.74) is 1.47. The van der Waals surface area contributed by atoms with Crippen molar-refractivity contribution in [2.24, 2.45) is 0 Å². The molecule has 2 aromatic rings. The fourth-order valence-corrected chi connectivity index (χ4v) is 4.17. The van der Waals surface area contributed by atoms with E-state index in [4.69, 9.17) is 0 Å². The normalized spacial score (nSPS) is 10.9. The SMILES string of the molecule is CCCCCCc1ccsc1-c1nc(Br)cs1. The number of halogens is 1. The first kappa shape index (κ1) is 13.2. The van der Waals surface area contributed by atoms with Gasteiger partial charge in [0.05, 0.1) is 4.88 Å². The summed E-state index contributed by atoms with van der Waals surface area (Å²) >= 11 is 6.94. The number of hydrogen-bond acceptors (Lipinski definition) is 3. The maximum Gasteiger partial charge on any atom is 0.134 e. The van der Waals surface area contributed by atoms with Crippen molar-refractivity contribution < 1.29 is 0 Å². The van der Waals surface area contributed by atoms with Crippen LogP contribution in [-0.2, 0) is 6.42 Å². The maximum atomic E-state index is 4.50. The molecule has 2 heterocycles. The van der Waals surface area contributed by atoms with Crippen LogP contribution in [0.5, 0.6) is 0 Å². The molecule has 0 aliphatic rings. The van der Waals surface area contributed by atoms with E-state index >= 15 is 0 Å². The molecule has 0 N–H and O–H groups in total. The summed E-state index contributed by atoms with van der Waals surface area (Å²) in [4.78, 5) is 5.86. The molecule has 17 heavy (non-hydrogen) atoms. The number of aryl methyl sites for hydroxylation is 1. The van der Waals surface area contributed by atoms with E-state index in [1.807, 2.05) is 0 Å². The molecule has 92 valence electrons. The van der Waals surface area contributed by atoms with Crippen LogP contribution in [0.4, 0.5) is 0 Å². The summed E-state index contributed by atoms with van der Waals surface area (Å²) in [6.45, 7) is 2.25. The van der Waals surface area contributed by atoms with Gasteiger partial charge in [-0.1, -0.05) is 26.2 Å². The van der Waals surface area contributed by atoms with Gasteiger partial charge in [-0.3, -0.25) is 0 Å². The number of thiophene rings is 1. The maximum absolute atomic E-state index is 4.50. The van der Waals surface area contributed by atoms with E-state index in [9.17, 15) is 0 Å². The van der Waals surface area contributed by atoms with Crippen LogP contribution in [0.15, 0.2) is 21.4 Å². The summed E-state index contributed by atoms with van der Waals surface area (Å²) in [6, 6.07) is 2.25. The Bertz CT molecular complexity index is 461. The molecule has 0 atom stereocenters. The van der Waals surface area contributed by atoms with Gasteiger partial charge in [0.25, 0.3) is 0 Å². The summed E-state index contributed by atoms with van der Waals surface area (Å²) < 4.78 is 0.947. The first-order valence-electron chi connectivity index (χ1n) is 5.99. The quantitative estimate of drug-likeness (QED) is 0.614. The Hall–Kier alpha value is -0.190. The van der Waals surface area contributed by atoms with Crippen LogP contribution in [0.2, 0.25) is 0 Å². The fraction of sp³-hybridized carbons (Fsp3) is 0.462. The molecular weight excluding hydrogens is 314 g/mol. The molecule has 0 radical (unpaired) electrons. The number of hydrogen-bond donors (Lipinski definition) is 0. The monoisotopic (exact) mass is 329 g/mol. The Morgan fingerprint density at radius 3 is 2.82 bits per heavy atom. The van der Waals surface area contributed by atoms with Crippen LogP contribution in [0.1, 0.15) is 38.2 Å². The molecule has 0 bridgehead atoms. The second-order valence-electron chi connectivity index (χ2n) is 4.06. The number of rotatable bonds is 6. The van der Waals surface area contributed by atoms with Gasteiger partial charge < -0.3 is 0 Å². The smallest absolute Gasteiger partial charge is 0.134 e. The van der Waals surface area contributed by atoms with Crippen LogP contribution < -0.4 is 0 Å². The number of thiazole rings is 1. The minimum atomic E-state index is 0.947. The Balaban J connectivity index is 2.02. The highest BCUT2D eigenvalue weighted by atomic mass is 79.9. The molecule has 2 rings (SSSR count). The second-order valence-corrected chi connectivity index (χ2v) is 6.65. The van der Waals surface area contributed by atoms with Gasteiger partial charge in [-0.05, 0) is 45.8 Å². The van der Waals surface area contributed by atoms with Crippen LogP contribution in [-0.4, -0.2) is 4.98 Å². The van der Waals surface area contributed by atoms with E-state index in [0.717, 1.165) is 9.61 Å². The lowest BCUT2D eigenvalue weighted by Crippen LogP contribution is -1.86. The van der Waals surface area contributed by atoms with E-state index in [1.54, 1.807) is 22.7 Å². The molecule has 0 aliphatic carbocycles. The highest BCUT2D eigenvalue weighted by Gasteiger charge is 2.10. The van der Waals surface area contributed by atoms with E-state index < -0.39 is 0 Å². The third-order valence-electron chi connectivity index (χ3n) is 2.72. The Morgan fingerprint density at radius 2 is 2.12 bits per heavy atom. The molecule has 0 saturated heterocycles. The van der Waals surface area contributed by atoms with Gasteiger partial charge in [0, 0.05) is 5.38 Å². The Kier molecular flexibility index (Phi) is 5.19. The van der Waals surface area contributed by atoms with Gasteiger partial charge in [0.1, 0.15) is 9.61 Å². The Morgan fingerprint density at radius 1 is 1.24 bits per heavy atom. The average Bonchev–Trinajstić information content (AvgIpc) is 2.93. The molecule has 0 amide bonds. The lowest BCUT2D eigenvalue weighted by molar-refractivity contribution is 0.668. The van der Waals surface area contributed by atoms with Crippen molar-refractivity contribution in [2.45, 2.75) is 39.0 Å².